The van der Waals surface area contributed by atoms with E-state index < -0.39 is 0 Å². The highest BCUT2D eigenvalue weighted by Crippen LogP contribution is 2.14. The maximum Gasteiger partial charge on any atom is 0.226 e. The minimum Gasteiger partial charge on any atom is -0.502 e. The van der Waals surface area contributed by atoms with Crippen LogP contribution in [0, 0.1) is 0 Å². The van der Waals surface area contributed by atoms with Crippen LogP contribution in [-0.2, 0) is 6.54 Å². The molecule has 18 heavy (non-hydrogen) atoms. The molecule has 0 aromatic carbocycles. The molecular formula is C13H20N2O3. The van der Waals surface area contributed by atoms with Crippen molar-refractivity contribution in [2.45, 2.75) is 32.4 Å². The fourth-order valence-electron chi connectivity index (χ4n) is 2.36. The topological polar surface area (TPSA) is 65.7 Å². The van der Waals surface area contributed by atoms with Crippen LogP contribution in [0.4, 0.5) is 0 Å². The Hall–Kier alpha value is -1.33. The molecule has 0 radical (unpaired) electrons. The van der Waals surface area contributed by atoms with Gasteiger partial charge >= 0.3 is 0 Å². The van der Waals surface area contributed by atoms with Crippen molar-refractivity contribution in [3.05, 3.63) is 28.3 Å². The highest BCUT2D eigenvalue weighted by Gasteiger charge is 2.22. The Bertz CT molecular complexity index is 438. The molecule has 1 saturated heterocycles. The zero-order valence-corrected chi connectivity index (χ0v) is 10.7. The molecule has 5 nitrogen and oxygen atoms in total. The van der Waals surface area contributed by atoms with Crippen molar-refractivity contribution in [2.75, 3.05) is 19.6 Å². The van der Waals surface area contributed by atoms with Gasteiger partial charge in [-0.2, -0.15) is 0 Å². The third-order valence-electron chi connectivity index (χ3n) is 3.29. The van der Waals surface area contributed by atoms with Gasteiger partial charge in [0.25, 0.3) is 0 Å². The second-order valence-corrected chi connectivity index (χ2v) is 4.71. The van der Waals surface area contributed by atoms with Gasteiger partial charge in [0.2, 0.25) is 5.43 Å². The Morgan fingerprint density at radius 2 is 2.44 bits per heavy atom. The Kier molecular flexibility index (Phi) is 4.38. The van der Waals surface area contributed by atoms with Gasteiger partial charge in [-0.15, -0.1) is 0 Å². The van der Waals surface area contributed by atoms with Gasteiger partial charge in [-0.3, -0.25) is 9.69 Å². The maximum absolute atomic E-state index is 11.4. The number of rotatable bonds is 5. The van der Waals surface area contributed by atoms with Gasteiger partial charge in [-0.1, -0.05) is 6.92 Å². The molecule has 2 heterocycles. The van der Waals surface area contributed by atoms with E-state index >= 15 is 0 Å². The van der Waals surface area contributed by atoms with Crippen molar-refractivity contribution in [3.8, 4) is 5.75 Å². The van der Waals surface area contributed by atoms with Gasteiger partial charge in [-0.05, 0) is 25.9 Å². The average Bonchev–Trinajstić information content (AvgIpc) is 2.87. The summed E-state index contributed by atoms with van der Waals surface area (Å²) in [4.78, 5) is 13.7. The molecule has 1 aromatic rings. The van der Waals surface area contributed by atoms with Crippen LogP contribution in [-0.4, -0.2) is 35.7 Å². The first-order valence-corrected chi connectivity index (χ1v) is 6.46. The monoisotopic (exact) mass is 252 g/mol. The largest absolute Gasteiger partial charge is 0.502 e. The van der Waals surface area contributed by atoms with Crippen molar-refractivity contribution in [2.24, 2.45) is 0 Å². The van der Waals surface area contributed by atoms with E-state index in [9.17, 15) is 4.79 Å². The molecule has 100 valence electrons. The summed E-state index contributed by atoms with van der Waals surface area (Å²) < 4.78 is 5.26. The summed E-state index contributed by atoms with van der Waals surface area (Å²) in [6, 6.07) is 1.88. The fraction of sp³-hybridized carbons (Fsp3) is 0.615. The second kappa shape index (κ2) is 6.02. The smallest absolute Gasteiger partial charge is 0.226 e. The van der Waals surface area contributed by atoms with Gasteiger partial charge in [-0.25, -0.2) is 0 Å². The maximum atomic E-state index is 11.4. The summed E-state index contributed by atoms with van der Waals surface area (Å²) in [5.74, 6) is 0.279. The first-order chi connectivity index (χ1) is 8.70. The summed E-state index contributed by atoms with van der Waals surface area (Å²) in [5, 5.41) is 12.5. The SMILES string of the molecule is CCCN(Cc1cc(=O)c(O)co1)C1CCNC1. The number of nitrogens with zero attached hydrogens (tertiary/aromatic N) is 1. The average molecular weight is 252 g/mol. The standard InChI is InChI=1S/C13H20N2O3/c1-2-5-15(10-3-4-14-7-10)8-11-6-12(16)13(17)9-18-11/h6,9-10,14,17H,2-5,7-8H2,1H3. The number of hydrogen-bond donors (Lipinski definition) is 2. The molecule has 0 spiro atoms. The van der Waals surface area contributed by atoms with E-state index in [4.69, 9.17) is 9.52 Å². The van der Waals surface area contributed by atoms with Gasteiger partial charge in [0.05, 0.1) is 6.54 Å². The molecule has 0 bridgehead atoms. The lowest BCUT2D eigenvalue weighted by Gasteiger charge is -2.27. The molecule has 0 saturated carbocycles. The Morgan fingerprint density at radius 1 is 1.61 bits per heavy atom. The van der Waals surface area contributed by atoms with Crippen molar-refractivity contribution in [1.29, 1.82) is 0 Å². The normalized spacial score (nSPS) is 19.6. The summed E-state index contributed by atoms with van der Waals surface area (Å²) in [7, 11) is 0. The lowest BCUT2D eigenvalue weighted by atomic mass is 10.2. The minimum absolute atomic E-state index is 0.330. The van der Waals surface area contributed by atoms with Crippen LogP contribution in [0.25, 0.3) is 0 Å². The molecule has 1 unspecified atom stereocenters. The zero-order valence-electron chi connectivity index (χ0n) is 10.7. The van der Waals surface area contributed by atoms with E-state index in [1.807, 2.05) is 0 Å². The van der Waals surface area contributed by atoms with Crippen LogP contribution in [0.2, 0.25) is 0 Å². The molecule has 0 amide bonds. The van der Waals surface area contributed by atoms with Crippen LogP contribution in [0.5, 0.6) is 5.75 Å². The highest BCUT2D eigenvalue weighted by molar-refractivity contribution is 5.15. The number of aromatic hydroxyl groups is 1. The van der Waals surface area contributed by atoms with Gasteiger partial charge in [0, 0.05) is 18.7 Å². The molecule has 2 N–H and O–H groups in total. The van der Waals surface area contributed by atoms with Crippen molar-refractivity contribution < 1.29 is 9.52 Å². The van der Waals surface area contributed by atoms with Gasteiger partial charge < -0.3 is 14.8 Å². The molecule has 1 atom stereocenters. The van der Waals surface area contributed by atoms with Crippen molar-refractivity contribution in [1.82, 2.24) is 10.2 Å². The third-order valence-corrected chi connectivity index (χ3v) is 3.29. The summed E-state index contributed by atoms with van der Waals surface area (Å²) in [6.45, 7) is 5.78. The van der Waals surface area contributed by atoms with Crippen LogP contribution >= 0.6 is 0 Å². The predicted molar refractivity (Wildman–Crippen MR) is 68.6 cm³/mol. The lowest BCUT2D eigenvalue weighted by Crippen LogP contribution is -2.37. The first kappa shape index (κ1) is 13.1. The van der Waals surface area contributed by atoms with E-state index in [0.717, 1.165) is 38.7 Å². The molecule has 5 heteroatoms. The Balaban J connectivity index is 2.07. The quantitative estimate of drug-likeness (QED) is 0.815. The van der Waals surface area contributed by atoms with Gasteiger partial charge in [0.15, 0.2) is 5.75 Å². The minimum atomic E-state index is -0.378. The molecular weight excluding hydrogens is 232 g/mol. The number of hydrogen-bond acceptors (Lipinski definition) is 5. The first-order valence-electron chi connectivity index (χ1n) is 6.46. The van der Waals surface area contributed by atoms with Crippen LogP contribution in [0.1, 0.15) is 25.5 Å². The highest BCUT2D eigenvalue weighted by atomic mass is 16.4. The molecule has 1 aliphatic heterocycles. The summed E-state index contributed by atoms with van der Waals surface area (Å²) in [6.07, 6.45) is 3.32. The number of nitrogens with one attached hydrogen (secondary N) is 1. The lowest BCUT2D eigenvalue weighted by molar-refractivity contribution is 0.182. The molecule has 1 aliphatic rings. The van der Waals surface area contributed by atoms with E-state index in [-0.39, 0.29) is 11.2 Å². The predicted octanol–water partition coefficient (Wildman–Crippen LogP) is 0.919. The van der Waals surface area contributed by atoms with E-state index in [0.29, 0.717) is 18.3 Å². The van der Waals surface area contributed by atoms with Crippen LogP contribution in [0.15, 0.2) is 21.5 Å². The molecule has 1 fully saturated rings. The van der Waals surface area contributed by atoms with Crippen molar-refractivity contribution >= 4 is 0 Å². The van der Waals surface area contributed by atoms with Crippen LogP contribution < -0.4 is 10.7 Å². The van der Waals surface area contributed by atoms with Crippen molar-refractivity contribution in [3.63, 3.8) is 0 Å². The second-order valence-electron chi connectivity index (χ2n) is 4.71. The van der Waals surface area contributed by atoms with Crippen LogP contribution in [0.3, 0.4) is 0 Å². The van der Waals surface area contributed by atoms with E-state index in [1.54, 1.807) is 0 Å². The Labute approximate surface area is 106 Å². The molecule has 1 aromatic heterocycles. The summed E-state index contributed by atoms with van der Waals surface area (Å²) in [5.41, 5.74) is -0.378. The third kappa shape index (κ3) is 3.11. The molecule has 0 aliphatic carbocycles. The Morgan fingerprint density at radius 3 is 3.06 bits per heavy atom. The zero-order chi connectivity index (χ0) is 13.0. The van der Waals surface area contributed by atoms with Gasteiger partial charge in [0.1, 0.15) is 12.0 Å². The fourth-order valence-corrected chi connectivity index (χ4v) is 2.36. The molecule has 2 rings (SSSR count). The van der Waals surface area contributed by atoms with E-state index in [1.165, 1.54) is 6.07 Å². The summed E-state index contributed by atoms with van der Waals surface area (Å²) >= 11 is 0. The van der Waals surface area contributed by atoms with E-state index in [2.05, 4.69) is 17.1 Å².